The van der Waals surface area contributed by atoms with Crippen molar-refractivity contribution in [3.05, 3.63) is 0 Å². The van der Waals surface area contributed by atoms with Gasteiger partial charge in [0.2, 0.25) is 17.7 Å². The Morgan fingerprint density at radius 1 is 0.642 bits per heavy atom. The van der Waals surface area contributed by atoms with Gasteiger partial charge in [0.05, 0.1) is 50.7 Å². The fourth-order valence-electron chi connectivity index (χ4n) is 8.16. The molecule has 4 heterocycles. The molecule has 31 nitrogen and oxygen atoms in total. The van der Waals surface area contributed by atoms with E-state index in [-0.39, 0.29) is 0 Å². The molecule has 0 unspecified atom stereocenters. The number of carbonyl (C=O) groups excluding carboxylic acids is 3. The van der Waals surface area contributed by atoms with Crippen LogP contribution in [0.25, 0.3) is 0 Å². The molecule has 0 bridgehead atoms. The average Bonchev–Trinajstić information content (AvgIpc) is 3.27. The van der Waals surface area contributed by atoms with E-state index >= 15 is 0 Å². The van der Waals surface area contributed by atoms with Gasteiger partial charge in [-0.2, -0.15) is 0 Å². The highest BCUT2D eigenvalue weighted by Gasteiger charge is 2.62. The van der Waals surface area contributed by atoms with Crippen molar-refractivity contribution in [3.8, 4) is 0 Å². The van der Waals surface area contributed by atoms with E-state index in [1.165, 1.54) is 0 Å². The van der Waals surface area contributed by atoms with Gasteiger partial charge in [0.25, 0.3) is 11.6 Å². The van der Waals surface area contributed by atoms with Gasteiger partial charge in [-0.1, -0.05) is 0 Å². The molecule has 67 heavy (non-hydrogen) atoms. The van der Waals surface area contributed by atoms with Gasteiger partial charge in [0.15, 0.2) is 12.6 Å². The zero-order valence-electron chi connectivity index (χ0n) is 35.6. The fourth-order valence-corrected chi connectivity index (χ4v) is 8.16. The molecular weight excluding hydrogens is 922 g/mol. The molecule has 31 heteroatoms. The first-order chi connectivity index (χ1) is 31.3. The third-order valence-corrected chi connectivity index (χ3v) is 11.5. The number of amides is 3. The molecule has 0 aromatic heterocycles. The molecule has 4 rings (SSSR count). The van der Waals surface area contributed by atoms with Crippen molar-refractivity contribution in [3.63, 3.8) is 0 Å². The standard InChI is InChI=1S/C36H59N3O28/c1-10(45)37-19-12(47)3-35(33(57)58,65-28(19)22(51)14(49)5-40)64-16(7-42)24(53)29-20(39-18(50)9-44)13(48)4-36(66-29,34(59)60)67-30-23(52)15(6-41)62-32(26(30)55)63-27-17(8-43)61-31(56)21(25(27)54)38-11(2)46/h12-17,19-32,40-44,47-49,51-56H,3-9H2,1-2H3,(H,37,45)(H,38,46)(H,39,50)(H,57,58)(H,59,60)/t12-,13-,14+,15+,16+,17+,19+,20+,21+,22+,23-,24+,25+,26+,27+,28+,29+,30-,31+,32-,35+,36-/m0/s1. The highest BCUT2D eigenvalue weighted by Crippen LogP contribution is 2.40. The van der Waals surface area contributed by atoms with E-state index in [1.807, 2.05) is 5.32 Å². The summed E-state index contributed by atoms with van der Waals surface area (Å²) in [7, 11) is 0. The first-order valence-electron chi connectivity index (χ1n) is 20.5. The molecule has 0 radical (unpaired) electrons. The van der Waals surface area contributed by atoms with Crippen molar-refractivity contribution in [2.45, 2.75) is 161 Å². The summed E-state index contributed by atoms with van der Waals surface area (Å²) < 4.78 is 38.8. The molecule has 19 N–H and O–H groups in total. The van der Waals surface area contributed by atoms with E-state index in [0.29, 0.717) is 0 Å². The molecule has 0 aromatic rings. The zero-order chi connectivity index (χ0) is 50.5. The molecule has 0 aliphatic carbocycles. The monoisotopic (exact) mass is 981 g/mol. The van der Waals surface area contributed by atoms with Crippen LogP contribution in [0, 0.1) is 0 Å². The van der Waals surface area contributed by atoms with Crippen molar-refractivity contribution in [2.75, 3.05) is 33.0 Å². The predicted molar refractivity (Wildman–Crippen MR) is 204 cm³/mol. The van der Waals surface area contributed by atoms with Crippen LogP contribution >= 0.6 is 0 Å². The summed E-state index contributed by atoms with van der Waals surface area (Å²) >= 11 is 0. The minimum Gasteiger partial charge on any atom is -0.477 e. The number of nitrogens with one attached hydrogen (secondary N) is 3. The summed E-state index contributed by atoms with van der Waals surface area (Å²) in [4.78, 5) is 62.4. The number of hydrogen-bond donors (Lipinski definition) is 19. The van der Waals surface area contributed by atoms with Crippen LogP contribution < -0.4 is 16.0 Å². The molecule has 0 spiro atoms. The second-order valence-corrected chi connectivity index (χ2v) is 16.2. The van der Waals surface area contributed by atoms with Crippen molar-refractivity contribution >= 4 is 29.7 Å². The topological polar surface area (TPSA) is 510 Å². The second-order valence-electron chi connectivity index (χ2n) is 16.2. The summed E-state index contributed by atoms with van der Waals surface area (Å²) in [5.74, 6) is -14.0. The molecule has 0 aromatic carbocycles. The summed E-state index contributed by atoms with van der Waals surface area (Å²) in [5, 5.41) is 177. The van der Waals surface area contributed by atoms with Crippen LogP contribution in [0.3, 0.4) is 0 Å². The maximum atomic E-state index is 13.2. The van der Waals surface area contributed by atoms with Crippen molar-refractivity contribution in [1.29, 1.82) is 0 Å². The molecular formula is C36H59N3O28. The first-order valence-corrected chi connectivity index (χ1v) is 20.5. The van der Waals surface area contributed by atoms with Crippen LogP contribution in [-0.2, 0) is 57.1 Å². The number of hydrogen-bond acceptors (Lipinski definition) is 26. The second kappa shape index (κ2) is 23.4. The Balaban J connectivity index is 1.73. The Labute approximate surface area is 377 Å². The lowest BCUT2D eigenvalue weighted by molar-refractivity contribution is -0.384. The minimum absolute atomic E-state index is 0.770. The quantitative estimate of drug-likeness (QED) is 0.0538. The molecule has 4 fully saturated rings. The third kappa shape index (κ3) is 12.3. The Bertz CT molecular complexity index is 1700. The number of aliphatic carboxylic acids is 2. The number of carboxylic acids is 2. The number of ether oxygens (including phenoxy) is 7. The Morgan fingerprint density at radius 2 is 1.16 bits per heavy atom. The van der Waals surface area contributed by atoms with Crippen LogP contribution in [0.4, 0.5) is 0 Å². The zero-order valence-corrected chi connectivity index (χ0v) is 35.6. The van der Waals surface area contributed by atoms with E-state index in [1.54, 1.807) is 0 Å². The van der Waals surface area contributed by atoms with Gasteiger partial charge in [-0.25, -0.2) is 9.59 Å². The van der Waals surface area contributed by atoms with Gasteiger partial charge in [-0.05, 0) is 0 Å². The smallest absolute Gasteiger partial charge is 0.364 e. The van der Waals surface area contributed by atoms with E-state index in [2.05, 4.69) is 10.6 Å². The highest BCUT2D eigenvalue weighted by atomic mass is 16.8. The number of aliphatic hydroxyl groups excluding tert-OH is 14. The minimum atomic E-state index is -3.41. The predicted octanol–water partition coefficient (Wildman–Crippen LogP) is -11.9. The van der Waals surface area contributed by atoms with Crippen molar-refractivity contribution in [1.82, 2.24) is 16.0 Å². The van der Waals surface area contributed by atoms with Crippen molar-refractivity contribution in [2.24, 2.45) is 0 Å². The van der Waals surface area contributed by atoms with Crippen LogP contribution in [0.1, 0.15) is 26.7 Å². The highest BCUT2D eigenvalue weighted by molar-refractivity contribution is 5.78. The average molecular weight is 982 g/mol. The van der Waals surface area contributed by atoms with Gasteiger partial charge in [-0.3, -0.25) is 14.4 Å². The van der Waals surface area contributed by atoms with E-state index in [0.717, 1.165) is 13.8 Å². The van der Waals surface area contributed by atoms with E-state index in [9.17, 15) is 106 Å². The molecule has 0 saturated carbocycles. The number of carboxylic acid groups (broad SMARTS) is 2. The summed E-state index contributed by atoms with van der Waals surface area (Å²) in [5.41, 5.74) is 0. The van der Waals surface area contributed by atoms with E-state index < -0.39 is 209 Å². The largest absolute Gasteiger partial charge is 0.477 e. The number of carbonyl (C=O) groups is 5. The van der Waals surface area contributed by atoms with E-state index in [4.69, 9.17) is 33.2 Å². The van der Waals surface area contributed by atoms with Gasteiger partial charge < -0.3 is 131 Å². The number of rotatable bonds is 20. The maximum Gasteiger partial charge on any atom is 0.364 e. The summed E-state index contributed by atoms with van der Waals surface area (Å²) in [6.07, 6.45) is -39.3. The molecule has 386 valence electrons. The van der Waals surface area contributed by atoms with Crippen LogP contribution in [-0.4, -0.2) is 278 Å². The first kappa shape index (κ1) is 56.1. The molecule has 4 aliphatic heterocycles. The maximum absolute atomic E-state index is 13.2. The Kier molecular flexibility index (Phi) is 19.6. The lowest BCUT2D eigenvalue weighted by Crippen LogP contribution is -2.72. The van der Waals surface area contributed by atoms with Crippen LogP contribution in [0.2, 0.25) is 0 Å². The molecule has 4 aliphatic rings. The SMILES string of the molecule is CC(=O)N[C@@H]1[C@@H](O)[C@H](O[C@@H]2O[C@H](CO)[C@H](O)[C@H](O[C@]3(C(=O)O)C[C@H](O)[C@@H](NC(=O)CO)[C@H]([C@H](O)[C@@H](CO)O[C@]4(C(=O)O)C[C@H](O)[C@@H](NC(C)=O)[C@H]([C@H](O)[C@H](O)CO)O4)O3)[C@H]2O)[C@@H](CO)O[C@H]1O. The summed E-state index contributed by atoms with van der Waals surface area (Å²) in [6.45, 7) is -4.08. The van der Waals surface area contributed by atoms with Gasteiger partial charge in [0.1, 0.15) is 92.0 Å². The van der Waals surface area contributed by atoms with Gasteiger partial charge in [-0.15, -0.1) is 0 Å². The van der Waals surface area contributed by atoms with Crippen LogP contribution in [0.5, 0.6) is 0 Å². The molecule has 4 saturated heterocycles. The lowest BCUT2D eigenvalue weighted by atomic mass is 9.87. The third-order valence-electron chi connectivity index (χ3n) is 11.5. The Hall–Kier alpha value is -3.49. The summed E-state index contributed by atoms with van der Waals surface area (Å²) in [6, 6.07) is -5.38. The molecule has 22 atom stereocenters. The molecule has 3 amide bonds. The van der Waals surface area contributed by atoms with Gasteiger partial charge >= 0.3 is 11.9 Å². The van der Waals surface area contributed by atoms with Crippen molar-refractivity contribution < 1.29 is 139 Å². The van der Waals surface area contributed by atoms with Crippen LogP contribution in [0.15, 0.2) is 0 Å². The Morgan fingerprint density at radius 3 is 1.67 bits per heavy atom. The number of aliphatic hydroxyl groups is 14. The normalized spacial score (nSPS) is 41.0. The lowest BCUT2D eigenvalue weighted by Gasteiger charge is -2.51. The van der Waals surface area contributed by atoms with Gasteiger partial charge in [0, 0.05) is 26.7 Å². The fraction of sp³-hybridized carbons (Fsp3) is 0.861.